The lowest BCUT2D eigenvalue weighted by Gasteiger charge is -1.91. The Morgan fingerprint density at radius 1 is 1.30 bits per heavy atom. The number of ether oxygens (including phenoxy) is 1. The van der Waals surface area contributed by atoms with Gasteiger partial charge in [-0.2, -0.15) is 0 Å². The van der Waals surface area contributed by atoms with Crippen LogP contribution in [0.4, 0.5) is 0 Å². The highest BCUT2D eigenvalue weighted by Gasteiger charge is 1.83. The van der Waals surface area contributed by atoms with E-state index in [1.54, 1.807) is 0 Å². The van der Waals surface area contributed by atoms with Gasteiger partial charge in [0.2, 0.25) is 0 Å². The fourth-order valence-electron chi connectivity index (χ4n) is 0.742. The number of rotatable bonds is 4. The zero-order valence-electron chi connectivity index (χ0n) is 6.65. The molecule has 0 amide bonds. The summed E-state index contributed by atoms with van der Waals surface area (Å²) in [5.74, 6) is 2.86. The normalized spacial score (nSPS) is 8.20. The van der Waals surface area contributed by atoms with Crippen LogP contribution in [0.3, 0.4) is 0 Å². The molecular weight excluding hydrogens is 124 g/mol. The van der Waals surface area contributed by atoms with Gasteiger partial charge in [0.15, 0.2) is 0 Å². The third kappa shape index (κ3) is 7.36. The first-order valence-corrected chi connectivity index (χ1v) is 3.80. The minimum Gasteiger partial charge on any atom is -0.443 e. The second kappa shape index (κ2) is 8.36. The molecule has 57 valence electrons. The van der Waals surface area contributed by atoms with Gasteiger partial charge in [-0.1, -0.05) is 32.1 Å². The fourth-order valence-corrected chi connectivity index (χ4v) is 0.742. The number of hydrogen-bond donors (Lipinski definition) is 0. The van der Waals surface area contributed by atoms with Crippen molar-refractivity contribution in [1.82, 2.24) is 0 Å². The molecule has 0 aliphatic rings. The van der Waals surface area contributed by atoms with Crippen molar-refractivity contribution in [3.8, 4) is 12.0 Å². The highest BCUT2D eigenvalue weighted by atomic mass is 16.5. The minimum atomic E-state index is 0.940. The van der Waals surface area contributed by atoms with Crippen LogP contribution in [0.2, 0.25) is 0 Å². The molecule has 0 saturated heterocycles. The maximum absolute atomic E-state index is 4.34. The summed E-state index contributed by atoms with van der Waals surface area (Å²) in [5, 5.41) is 0. The quantitative estimate of drug-likeness (QED) is 0.430. The summed E-state index contributed by atoms with van der Waals surface area (Å²) in [6.45, 7) is 2.20. The summed E-state index contributed by atoms with van der Waals surface area (Å²) >= 11 is 0. The Morgan fingerprint density at radius 3 is 2.70 bits per heavy atom. The number of unbranched alkanes of at least 4 members (excludes halogenated alkanes) is 4. The zero-order chi connectivity index (χ0) is 7.66. The van der Waals surface area contributed by atoms with Crippen LogP contribution in [0.5, 0.6) is 0 Å². The van der Waals surface area contributed by atoms with Gasteiger partial charge in [0.25, 0.3) is 0 Å². The van der Waals surface area contributed by atoms with Gasteiger partial charge in [0.05, 0.1) is 0 Å². The van der Waals surface area contributed by atoms with Crippen LogP contribution in [0.15, 0.2) is 0 Å². The summed E-state index contributed by atoms with van der Waals surface area (Å²) in [5.41, 5.74) is 0. The van der Waals surface area contributed by atoms with Gasteiger partial charge in [-0.3, -0.25) is 0 Å². The fraction of sp³-hybridized carbons (Fsp3) is 0.667. The molecule has 0 unspecified atom stereocenters. The SMILES string of the molecule is [CH2]OC#CCCCCCC. The second-order valence-electron chi connectivity index (χ2n) is 2.23. The van der Waals surface area contributed by atoms with Crippen molar-refractivity contribution >= 4 is 0 Å². The van der Waals surface area contributed by atoms with Gasteiger partial charge in [0, 0.05) is 6.42 Å². The van der Waals surface area contributed by atoms with E-state index >= 15 is 0 Å². The van der Waals surface area contributed by atoms with Crippen molar-refractivity contribution in [2.24, 2.45) is 0 Å². The molecule has 1 nitrogen and oxygen atoms in total. The van der Waals surface area contributed by atoms with E-state index in [0.717, 1.165) is 6.42 Å². The van der Waals surface area contributed by atoms with Crippen LogP contribution in [0.25, 0.3) is 0 Å². The van der Waals surface area contributed by atoms with E-state index in [0.29, 0.717) is 0 Å². The van der Waals surface area contributed by atoms with Crippen LogP contribution in [-0.2, 0) is 4.74 Å². The molecule has 0 saturated carbocycles. The first kappa shape index (κ1) is 9.36. The maximum Gasteiger partial charge on any atom is 0.135 e. The summed E-state index contributed by atoms with van der Waals surface area (Å²) in [4.78, 5) is 0. The van der Waals surface area contributed by atoms with Crippen molar-refractivity contribution in [2.45, 2.75) is 39.0 Å². The monoisotopic (exact) mass is 139 g/mol. The summed E-state index contributed by atoms with van der Waals surface area (Å²) in [6.07, 6.45) is 8.46. The van der Waals surface area contributed by atoms with Crippen molar-refractivity contribution in [1.29, 1.82) is 0 Å². The molecule has 0 atom stereocenters. The lowest BCUT2D eigenvalue weighted by atomic mass is 10.2. The van der Waals surface area contributed by atoms with Crippen LogP contribution < -0.4 is 0 Å². The Labute approximate surface area is 63.8 Å². The highest BCUT2D eigenvalue weighted by Crippen LogP contribution is 2.00. The van der Waals surface area contributed by atoms with E-state index in [4.69, 9.17) is 0 Å². The van der Waals surface area contributed by atoms with Crippen molar-refractivity contribution < 1.29 is 4.74 Å². The average Bonchev–Trinajstić information content (AvgIpc) is 1.97. The Balaban J connectivity index is 2.90. The van der Waals surface area contributed by atoms with Gasteiger partial charge in [0.1, 0.15) is 13.2 Å². The van der Waals surface area contributed by atoms with E-state index in [2.05, 4.69) is 30.8 Å². The Bertz CT molecular complexity index is 108. The summed E-state index contributed by atoms with van der Waals surface area (Å²) in [7, 11) is 3.15. The summed E-state index contributed by atoms with van der Waals surface area (Å²) < 4.78 is 4.34. The van der Waals surface area contributed by atoms with Crippen molar-refractivity contribution in [2.75, 3.05) is 0 Å². The van der Waals surface area contributed by atoms with E-state index in [9.17, 15) is 0 Å². The highest BCUT2D eigenvalue weighted by molar-refractivity contribution is 4.90. The predicted molar refractivity (Wildman–Crippen MR) is 43.0 cm³/mol. The smallest absolute Gasteiger partial charge is 0.135 e. The molecule has 0 aliphatic carbocycles. The Morgan fingerprint density at radius 2 is 2.10 bits per heavy atom. The van der Waals surface area contributed by atoms with Gasteiger partial charge >= 0.3 is 0 Å². The third-order valence-electron chi connectivity index (χ3n) is 1.30. The third-order valence-corrected chi connectivity index (χ3v) is 1.30. The van der Waals surface area contributed by atoms with Gasteiger partial charge in [-0.05, 0) is 6.42 Å². The first-order chi connectivity index (χ1) is 4.91. The lowest BCUT2D eigenvalue weighted by Crippen LogP contribution is -1.73. The van der Waals surface area contributed by atoms with Crippen LogP contribution >= 0.6 is 0 Å². The lowest BCUT2D eigenvalue weighted by molar-refractivity contribution is 0.430. The molecule has 0 fully saturated rings. The largest absolute Gasteiger partial charge is 0.443 e. The first-order valence-electron chi connectivity index (χ1n) is 3.80. The maximum atomic E-state index is 4.34. The summed E-state index contributed by atoms with van der Waals surface area (Å²) in [6, 6.07) is 0. The van der Waals surface area contributed by atoms with E-state index in [-0.39, 0.29) is 0 Å². The van der Waals surface area contributed by atoms with Gasteiger partial charge < -0.3 is 4.74 Å². The topological polar surface area (TPSA) is 9.23 Å². The molecule has 0 spiro atoms. The molecule has 0 aromatic rings. The van der Waals surface area contributed by atoms with E-state index in [1.165, 1.54) is 25.7 Å². The van der Waals surface area contributed by atoms with E-state index in [1.807, 2.05) is 0 Å². The molecular formula is C9H15O. The average molecular weight is 139 g/mol. The van der Waals surface area contributed by atoms with Crippen molar-refractivity contribution in [3.05, 3.63) is 7.11 Å². The second-order valence-corrected chi connectivity index (χ2v) is 2.23. The minimum absolute atomic E-state index is 0.940. The molecule has 1 heteroatoms. The van der Waals surface area contributed by atoms with Gasteiger partial charge in [-0.15, -0.1) is 0 Å². The van der Waals surface area contributed by atoms with Crippen LogP contribution in [0.1, 0.15) is 39.0 Å². The Hall–Kier alpha value is -0.640. The molecule has 10 heavy (non-hydrogen) atoms. The zero-order valence-corrected chi connectivity index (χ0v) is 6.65. The molecule has 0 aromatic heterocycles. The molecule has 0 N–H and O–H groups in total. The standard InChI is InChI=1S/C9H15O/c1-3-4-5-6-7-8-9-10-2/h2-7H2,1H3. The molecule has 0 rings (SSSR count). The van der Waals surface area contributed by atoms with Gasteiger partial charge in [-0.25, -0.2) is 0 Å². The van der Waals surface area contributed by atoms with Crippen LogP contribution in [0, 0.1) is 19.1 Å². The number of hydrogen-bond acceptors (Lipinski definition) is 1. The molecule has 1 radical (unpaired) electrons. The van der Waals surface area contributed by atoms with E-state index < -0.39 is 0 Å². The van der Waals surface area contributed by atoms with Crippen molar-refractivity contribution in [3.63, 3.8) is 0 Å². The Kier molecular flexibility index (Phi) is 7.82. The molecule has 0 aromatic carbocycles. The predicted octanol–water partition coefficient (Wildman–Crippen LogP) is 2.73. The molecule has 0 heterocycles. The molecule has 0 aliphatic heterocycles. The molecule has 0 bridgehead atoms. The van der Waals surface area contributed by atoms with Crippen LogP contribution in [-0.4, -0.2) is 0 Å².